The lowest BCUT2D eigenvalue weighted by molar-refractivity contribution is -0.137. The second-order valence-electron chi connectivity index (χ2n) is 8.56. The molecule has 0 atom stereocenters. The third-order valence-electron chi connectivity index (χ3n) is 5.52. The van der Waals surface area contributed by atoms with Crippen molar-refractivity contribution in [3.05, 3.63) is 60.6 Å². The van der Waals surface area contributed by atoms with E-state index < -0.39 is 5.54 Å². The van der Waals surface area contributed by atoms with Gasteiger partial charge in [-0.05, 0) is 43.9 Å². The van der Waals surface area contributed by atoms with Crippen molar-refractivity contribution < 1.29 is 4.79 Å². The number of nitrogens with one attached hydrogen (secondary N) is 1. The fourth-order valence-corrected chi connectivity index (χ4v) is 3.73. The molecule has 0 aliphatic carbocycles. The number of carbonyl (C=O) groups is 1. The van der Waals surface area contributed by atoms with Crippen LogP contribution in [-0.2, 0) is 10.3 Å². The number of hydrogen-bond donors (Lipinski definition) is 2. The number of pyridine rings is 2. The molecule has 1 amide bonds. The van der Waals surface area contributed by atoms with Crippen LogP contribution >= 0.6 is 0 Å². The van der Waals surface area contributed by atoms with Crippen molar-refractivity contribution >= 4 is 34.0 Å². The van der Waals surface area contributed by atoms with Crippen LogP contribution in [-0.4, -0.2) is 44.7 Å². The minimum atomic E-state index is -0.803. The van der Waals surface area contributed by atoms with Crippen LogP contribution in [0.3, 0.4) is 0 Å². The van der Waals surface area contributed by atoms with Gasteiger partial charge >= 0.3 is 0 Å². The topological polar surface area (TPSA) is 102 Å². The smallest absolute Gasteiger partial charge is 0.249 e. The Morgan fingerprint density at radius 1 is 1.16 bits per heavy atom. The first-order valence-electron chi connectivity index (χ1n) is 10.3. The average Bonchev–Trinajstić information content (AvgIpc) is 3.22. The summed E-state index contributed by atoms with van der Waals surface area (Å²) in [5.41, 5.74) is 9.16. The van der Waals surface area contributed by atoms with E-state index in [9.17, 15) is 4.79 Å². The van der Waals surface area contributed by atoms with Gasteiger partial charge in [-0.1, -0.05) is 24.3 Å². The van der Waals surface area contributed by atoms with Gasteiger partial charge < -0.3 is 16.0 Å². The summed E-state index contributed by atoms with van der Waals surface area (Å²) in [5.74, 6) is 1.05. The average molecular weight is 430 g/mol. The number of likely N-dealkylation sites (N-methyl/N-ethyl adjacent to an activating group) is 1. The van der Waals surface area contributed by atoms with E-state index in [1.54, 1.807) is 42.3 Å². The SMILES string of the molecule is Cc1ccccc1-c1cc2cc(Nc3cnn(C(C)(C)C(=O)N(C)C)c3)ncc2c(N)n1. The number of nitrogen functional groups attached to an aromatic ring is 1. The van der Waals surface area contributed by atoms with Crippen LogP contribution < -0.4 is 11.1 Å². The van der Waals surface area contributed by atoms with E-state index in [0.29, 0.717) is 11.6 Å². The molecule has 4 rings (SSSR count). The molecule has 3 heterocycles. The van der Waals surface area contributed by atoms with Crippen molar-refractivity contribution in [1.82, 2.24) is 24.6 Å². The Labute approximate surface area is 187 Å². The largest absolute Gasteiger partial charge is 0.383 e. The van der Waals surface area contributed by atoms with Gasteiger partial charge in [-0.2, -0.15) is 5.10 Å². The lowest BCUT2D eigenvalue weighted by Crippen LogP contribution is -2.44. The van der Waals surface area contributed by atoms with Crippen LogP contribution in [0.25, 0.3) is 22.0 Å². The zero-order valence-corrected chi connectivity index (χ0v) is 18.9. The summed E-state index contributed by atoms with van der Waals surface area (Å²) in [5, 5.41) is 9.37. The van der Waals surface area contributed by atoms with Crippen molar-refractivity contribution in [3.63, 3.8) is 0 Å². The van der Waals surface area contributed by atoms with Crippen LogP contribution in [0.15, 0.2) is 55.0 Å². The van der Waals surface area contributed by atoms with Crippen LogP contribution in [0.2, 0.25) is 0 Å². The second kappa shape index (κ2) is 7.96. The zero-order valence-electron chi connectivity index (χ0n) is 18.9. The van der Waals surface area contributed by atoms with Gasteiger partial charge in [-0.25, -0.2) is 9.97 Å². The Kier molecular flexibility index (Phi) is 5.30. The minimum Gasteiger partial charge on any atom is -0.383 e. The standard InChI is InChI=1S/C24H27N7O/c1-15-8-6-7-9-18(15)20-10-16-11-21(26-13-19(16)22(25)29-20)28-17-12-27-31(14-17)24(2,3)23(32)30(4)5/h6-14H,1-5H3,(H2,25,29)(H,26,28). The van der Waals surface area contributed by atoms with Crippen LogP contribution in [0, 0.1) is 6.92 Å². The maximum absolute atomic E-state index is 12.5. The van der Waals surface area contributed by atoms with Gasteiger partial charge in [0, 0.05) is 37.4 Å². The molecule has 0 spiro atoms. The molecular formula is C24H27N7O. The first-order valence-corrected chi connectivity index (χ1v) is 10.3. The summed E-state index contributed by atoms with van der Waals surface area (Å²) in [7, 11) is 3.47. The summed E-state index contributed by atoms with van der Waals surface area (Å²) in [4.78, 5) is 23.1. The number of nitrogens with zero attached hydrogens (tertiary/aromatic N) is 5. The molecule has 0 bridgehead atoms. The molecule has 0 saturated heterocycles. The summed E-state index contributed by atoms with van der Waals surface area (Å²) in [6.45, 7) is 5.73. The molecule has 0 saturated carbocycles. The van der Waals surface area contributed by atoms with E-state index in [0.717, 1.165) is 33.3 Å². The Hall–Kier alpha value is -3.94. The lowest BCUT2D eigenvalue weighted by atomic mass is 10.0. The monoisotopic (exact) mass is 429 g/mol. The van der Waals surface area contributed by atoms with Crippen molar-refractivity contribution in [2.45, 2.75) is 26.3 Å². The highest BCUT2D eigenvalue weighted by Gasteiger charge is 2.32. The van der Waals surface area contributed by atoms with Gasteiger partial charge in [0.05, 0.1) is 17.6 Å². The van der Waals surface area contributed by atoms with E-state index in [4.69, 9.17) is 5.73 Å². The summed E-state index contributed by atoms with van der Waals surface area (Å²) in [6.07, 6.45) is 5.19. The number of amides is 1. The van der Waals surface area contributed by atoms with E-state index in [1.807, 2.05) is 44.2 Å². The molecule has 4 aromatic rings. The number of fused-ring (bicyclic) bond motifs is 1. The predicted octanol–water partition coefficient (Wildman–Crippen LogP) is 3.95. The van der Waals surface area contributed by atoms with E-state index in [-0.39, 0.29) is 5.91 Å². The number of anilines is 3. The first-order chi connectivity index (χ1) is 15.2. The molecule has 8 nitrogen and oxygen atoms in total. The lowest BCUT2D eigenvalue weighted by Gasteiger charge is -2.27. The van der Waals surface area contributed by atoms with Crippen molar-refractivity contribution in [2.24, 2.45) is 0 Å². The number of carbonyl (C=O) groups excluding carboxylic acids is 1. The maximum atomic E-state index is 12.5. The summed E-state index contributed by atoms with van der Waals surface area (Å²) >= 11 is 0. The fraction of sp³-hybridized carbons (Fsp3) is 0.250. The maximum Gasteiger partial charge on any atom is 0.249 e. The molecule has 0 radical (unpaired) electrons. The molecule has 0 aliphatic heterocycles. The van der Waals surface area contributed by atoms with E-state index in [2.05, 4.69) is 33.4 Å². The number of benzene rings is 1. The molecule has 0 fully saturated rings. The highest BCUT2D eigenvalue weighted by Crippen LogP contribution is 2.29. The molecule has 1 aromatic carbocycles. The highest BCUT2D eigenvalue weighted by atomic mass is 16.2. The minimum absolute atomic E-state index is 0.0392. The van der Waals surface area contributed by atoms with Gasteiger partial charge in [0.1, 0.15) is 17.2 Å². The number of aromatic nitrogens is 4. The fourth-order valence-electron chi connectivity index (χ4n) is 3.73. The van der Waals surface area contributed by atoms with Gasteiger partial charge in [0.2, 0.25) is 5.91 Å². The molecule has 164 valence electrons. The third-order valence-corrected chi connectivity index (χ3v) is 5.52. The van der Waals surface area contributed by atoms with Gasteiger partial charge in [0.15, 0.2) is 0 Å². The zero-order chi connectivity index (χ0) is 23.0. The molecule has 0 unspecified atom stereocenters. The summed E-state index contributed by atoms with van der Waals surface area (Å²) < 4.78 is 1.65. The Morgan fingerprint density at radius 3 is 2.62 bits per heavy atom. The Bertz CT molecular complexity index is 1310. The molecule has 8 heteroatoms. The number of hydrogen-bond acceptors (Lipinski definition) is 6. The van der Waals surface area contributed by atoms with Crippen LogP contribution in [0.1, 0.15) is 19.4 Å². The third kappa shape index (κ3) is 3.87. The van der Waals surface area contributed by atoms with Crippen molar-refractivity contribution in [3.8, 4) is 11.3 Å². The number of aryl methyl sites for hydroxylation is 1. The van der Waals surface area contributed by atoms with Crippen molar-refractivity contribution in [1.29, 1.82) is 0 Å². The van der Waals surface area contributed by atoms with Gasteiger partial charge in [-0.15, -0.1) is 0 Å². The molecule has 32 heavy (non-hydrogen) atoms. The Morgan fingerprint density at radius 2 is 1.91 bits per heavy atom. The first kappa shape index (κ1) is 21.3. The molecule has 3 aromatic heterocycles. The second-order valence-corrected chi connectivity index (χ2v) is 8.56. The highest BCUT2D eigenvalue weighted by molar-refractivity contribution is 5.95. The van der Waals surface area contributed by atoms with E-state index in [1.165, 1.54) is 0 Å². The van der Waals surface area contributed by atoms with Crippen molar-refractivity contribution in [2.75, 3.05) is 25.1 Å². The number of rotatable bonds is 5. The predicted molar refractivity (Wildman–Crippen MR) is 128 cm³/mol. The van der Waals surface area contributed by atoms with Crippen LogP contribution in [0.4, 0.5) is 17.3 Å². The molecule has 0 aliphatic rings. The molecular weight excluding hydrogens is 402 g/mol. The van der Waals surface area contributed by atoms with E-state index >= 15 is 0 Å². The number of nitrogens with two attached hydrogens (primary N) is 1. The Balaban J connectivity index is 1.66. The quantitative estimate of drug-likeness (QED) is 0.498. The molecule has 3 N–H and O–H groups in total. The van der Waals surface area contributed by atoms with Gasteiger partial charge in [0.25, 0.3) is 0 Å². The summed E-state index contributed by atoms with van der Waals surface area (Å²) in [6, 6.07) is 12.0. The van der Waals surface area contributed by atoms with Crippen LogP contribution in [0.5, 0.6) is 0 Å². The normalized spacial score (nSPS) is 11.5. The van der Waals surface area contributed by atoms with Gasteiger partial charge in [-0.3, -0.25) is 9.48 Å².